The second-order valence-corrected chi connectivity index (χ2v) is 4.46. The van der Waals surface area contributed by atoms with Crippen LogP contribution in [-0.4, -0.2) is 18.8 Å². The Morgan fingerprint density at radius 3 is 3.23 bits per heavy atom. The first kappa shape index (κ1) is 9.19. The lowest BCUT2D eigenvalue weighted by Gasteiger charge is -2.14. The molecule has 1 aliphatic rings. The average Bonchev–Trinajstić information content (AvgIpc) is 2.72. The van der Waals surface area contributed by atoms with E-state index in [1.54, 1.807) is 11.3 Å². The van der Waals surface area contributed by atoms with Crippen molar-refractivity contribution in [3.05, 3.63) is 22.4 Å². The highest BCUT2D eigenvalue weighted by atomic mass is 32.1. The van der Waals surface area contributed by atoms with E-state index in [2.05, 4.69) is 29.8 Å². The Morgan fingerprint density at radius 1 is 1.69 bits per heavy atom. The Labute approximate surface area is 82.9 Å². The Balaban J connectivity index is 1.79. The number of thiophene rings is 1. The van der Waals surface area contributed by atoms with Gasteiger partial charge in [-0.1, -0.05) is 6.07 Å². The number of ether oxygens (including phenoxy) is 1. The van der Waals surface area contributed by atoms with Gasteiger partial charge in [0.25, 0.3) is 0 Å². The monoisotopic (exact) mass is 197 g/mol. The van der Waals surface area contributed by atoms with Gasteiger partial charge in [-0.15, -0.1) is 11.3 Å². The average molecular weight is 197 g/mol. The summed E-state index contributed by atoms with van der Waals surface area (Å²) in [7, 11) is 0. The summed E-state index contributed by atoms with van der Waals surface area (Å²) in [6.45, 7) is 4.03. The molecule has 13 heavy (non-hydrogen) atoms. The van der Waals surface area contributed by atoms with E-state index in [0.29, 0.717) is 12.1 Å². The molecule has 0 bridgehead atoms. The summed E-state index contributed by atoms with van der Waals surface area (Å²) < 4.78 is 5.48. The molecule has 3 heteroatoms. The summed E-state index contributed by atoms with van der Waals surface area (Å²) in [4.78, 5) is 1.40. The van der Waals surface area contributed by atoms with Crippen molar-refractivity contribution in [2.45, 2.75) is 32.0 Å². The first-order valence-corrected chi connectivity index (χ1v) is 5.61. The van der Waals surface area contributed by atoms with E-state index in [-0.39, 0.29) is 0 Å². The summed E-state index contributed by atoms with van der Waals surface area (Å²) in [5, 5.41) is 5.64. The van der Waals surface area contributed by atoms with Crippen LogP contribution in [0.1, 0.15) is 18.2 Å². The zero-order valence-corrected chi connectivity index (χ0v) is 8.64. The van der Waals surface area contributed by atoms with Crippen molar-refractivity contribution in [3.63, 3.8) is 0 Å². The highest BCUT2D eigenvalue weighted by Crippen LogP contribution is 2.14. The molecule has 1 aromatic heterocycles. The van der Waals surface area contributed by atoms with E-state index in [0.717, 1.165) is 19.6 Å². The van der Waals surface area contributed by atoms with Crippen LogP contribution < -0.4 is 5.32 Å². The summed E-state index contributed by atoms with van der Waals surface area (Å²) in [5.74, 6) is 0. The molecule has 1 aromatic rings. The molecule has 2 atom stereocenters. The Hall–Kier alpha value is -0.380. The molecule has 1 saturated heterocycles. The van der Waals surface area contributed by atoms with Crippen molar-refractivity contribution in [1.82, 2.24) is 5.32 Å². The van der Waals surface area contributed by atoms with Crippen LogP contribution in [0.3, 0.4) is 0 Å². The maximum Gasteiger partial charge on any atom is 0.0700 e. The highest BCUT2D eigenvalue weighted by Gasteiger charge is 2.23. The summed E-state index contributed by atoms with van der Waals surface area (Å²) in [5.41, 5.74) is 0. The molecule has 2 nitrogen and oxygen atoms in total. The van der Waals surface area contributed by atoms with Crippen LogP contribution in [0, 0.1) is 0 Å². The van der Waals surface area contributed by atoms with Crippen LogP contribution in [0.2, 0.25) is 0 Å². The van der Waals surface area contributed by atoms with E-state index in [9.17, 15) is 0 Å². The van der Waals surface area contributed by atoms with Crippen LogP contribution in [0.5, 0.6) is 0 Å². The molecule has 0 spiro atoms. The maximum atomic E-state index is 5.48. The van der Waals surface area contributed by atoms with Crippen molar-refractivity contribution >= 4 is 11.3 Å². The summed E-state index contributed by atoms with van der Waals surface area (Å²) in [6.07, 6.45) is 1.52. The smallest absolute Gasteiger partial charge is 0.0700 e. The quantitative estimate of drug-likeness (QED) is 0.800. The predicted molar refractivity (Wildman–Crippen MR) is 55.0 cm³/mol. The molecule has 0 radical (unpaired) electrons. The van der Waals surface area contributed by atoms with Crippen LogP contribution in [-0.2, 0) is 11.3 Å². The Morgan fingerprint density at radius 2 is 2.62 bits per heavy atom. The van der Waals surface area contributed by atoms with Crippen molar-refractivity contribution in [3.8, 4) is 0 Å². The third kappa shape index (κ3) is 2.30. The van der Waals surface area contributed by atoms with Crippen LogP contribution in [0.25, 0.3) is 0 Å². The molecule has 2 rings (SSSR count). The van der Waals surface area contributed by atoms with Gasteiger partial charge in [0.2, 0.25) is 0 Å². The highest BCUT2D eigenvalue weighted by molar-refractivity contribution is 7.09. The van der Waals surface area contributed by atoms with Gasteiger partial charge < -0.3 is 10.1 Å². The van der Waals surface area contributed by atoms with Gasteiger partial charge in [0.15, 0.2) is 0 Å². The van der Waals surface area contributed by atoms with Gasteiger partial charge in [-0.05, 0) is 24.8 Å². The van der Waals surface area contributed by atoms with Gasteiger partial charge in [-0.3, -0.25) is 0 Å². The zero-order valence-electron chi connectivity index (χ0n) is 7.82. The van der Waals surface area contributed by atoms with Crippen LogP contribution >= 0.6 is 11.3 Å². The minimum atomic E-state index is 0.375. The van der Waals surface area contributed by atoms with Crippen molar-refractivity contribution in [1.29, 1.82) is 0 Å². The molecule has 0 amide bonds. The molecular formula is C10H15NOS. The van der Waals surface area contributed by atoms with Crippen molar-refractivity contribution < 1.29 is 4.74 Å². The fourth-order valence-corrected chi connectivity index (χ4v) is 2.30. The summed E-state index contributed by atoms with van der Waals surface area (Å²) >= 11 is 1.80. The fraction of sp³-hybridized carbons (Fsp3) is 0.600. The van der Waals surface area contributed by atoms with Gasteiger partial charge in [0.05, 0.1) is 6.10 Å². The van der Waals surface area contributed by atoms with Gasteiger partial charge in [-0.2, -0.15) is 0 Å². The summed E-state index contributed by atoms with van der Waals surface area (Å²) in [6, 6.07) is 4.80. The molecule has 1 N–H and O–H groups in total. The molecule has 0 aliphatic carbocycles. The lowest BCUT2D eigenvalue weighted by atomic mass is 10.1. The van der Waals surface area contributed by atoms with Crippen LogP contribution in [0.4, 0.5) is 0 Å². The lowest BCUT2D eigenvalue weighted by Crippen LogP contribution is -2.33. The molecule has 0 aromatic carbocycles. The van der Waals surface area contributed by atoms with Crippen molar-refractivity contribution in [2.75, 3.05) is 6.61 Å². The van der Waals surface area contributed by atoms with Gasteiger partial charge >= 0.3 is 0 Å². The third-order valence-corrected chi connectivity index (χ3v) is 3.37. The fourth-order valence-electron chi connectivity index (χ4n) is 1.64. The first-order valence-electron chi connectivity index (χ1n) is 4.73. The maximum absolute atomic E-state index is 5.48. The van der Waals surface area contributed by atoms with E-state index in [1.165, 1.54) is 4.88 Å². The third-order valence-electron chi connectivity index (χ3n) is 2.49. The van der Waals surface area contributed by atoms with Gasteiger partial charge in [0, 0.05) is 24.1 Å². The normalized spacial score (nSPS) is 28.1. The number of hydrogen-bond acceptors (Lipinski definition) is 3. The molecule has 1 aliphatic heterocycles. The Kier molecular flexibility index (Phi) is 2.98. The second kappa shape index (κ2) is 4.22. The number of nitrogens with one attached hydrogen (secondary N) is 1. The Bertz CT molecular complexity index is 247. The topological polar surface area (TPSA) is 21.3 Å². The minimum absolute atomic E-state index is 0.375. The van der Waals surface area contributed by atoms with E-state index in [4.69, 9.17) is 4.74 Å². The second-order valence-electron chi connectivity index (χ2n) is 3.43. The lowest BCUT2D eigenvalue weighted by molar-refractivity contribution is 0.113. The van der Waals surface area contributed by atoms with E-state index in [1.807, 2.05) is 0 Å². The zero-order chi connectivity index (χ0) is 9.10. The standard InChI is InChI=1S/C10H15NOS/c1-8-10(4-5-12-8)11-7-9-3-2-6-13-9/h2-3,6,8,10-11H,4-5,7H2,1H3/t8-,10-/m1/s1. The molecule has 72 valence electrons. The molecule has 2 heterocycles. The van der Waals surface area contributed by atoms with Gasteiger partial charge in [0.1, 0.15) is 0 Å². The largest absolute Gasteiger partial charge is 0.377 e. The number of rotatable bonds is 3. The van der Waals surface area contributed by atoms with E-state index < -0.39 is 0 Å². The van der Waals surface area contributed by atoms with Crippen LogP contribution in [0.15, 0.2) is 17.5 Å². The van der Waals surface area contributed by atoms with E-state index >= 15 is 0 Å². The molecular weight excluding hydrogens is 182 g/mol. The first-order chi connectivity index (χ1) is 6.36. The molecule has 0 saturated carbocycles. The SMILES string of the molecule is C[C@H]1OCC[C@H]1NCc1cccs1. The number of hydrogen-bond donors (Lipinski definition) is 1. The molecule has 1 fully saturated rings. The van der Waals surface area contributed by atoms with Crippen molar-refractivity contribution in [2.24, 2.45) is 0 Å². The molecule has 0 unspecified atom stereocenters. The predicted octanol–water partition coefficient (Wildman–Crippen LogP) is 2.02. The van der Waals surface area contributed by atoms with Gasteiger partial charge in [-0.25, -0.2) is 0 Å². The minimum Gasteiger partial charge on any atom is -0.377 e.